The van der Waals surface area contributed by atoms with E-state index in [1.165, 1.54) is 16.7 Å². The molecule has 1 fully saturated rings. The molecule has 1 aliphatic rings. The summed E-state index contributed by atoms with van der Waals surface area (Å²) in [5.74, 6) is 2.57. The molecule has 2 aromatic rings. The summed E-state index contributed by atoms with van der Waals surface area (Å²) in [6, 6.07) is 14.5. The third-order valence-electron chi connectivity index (χ3n) is 5.81. The van der Waals surface area contributed by atoms with E-state index in [1.807, 2.05) is 12.1 Å². The molecule has 0 bridgehead atoms. The van der Waals surface area contributed by atoms with Gasteiger partial charge >= 0.3 is 0 Å². The van der Waals surface area contributed by atoms with Crippen molar-refractivity contribution in [1.29, 1.82) is 0 Å². The first-order valence-electron chi connectivity index (χ1n) is 10.4. The second kappa shape index (κ2) is 10.3. The smallest absolute Gasteiger partial charge is 0.191 e. The minimum absolute atomic E-state index is 0.0622. The Morgan fingerprint density at radius 1 is 1.03 bits per heavy atom. The topological polar surface area (TPSA) is 64.1 Å². The number of nitrogens with one attached hydrogen (secondary N) is 2. The molecule has 1 heterocycles. The summed E-state index contributed by atoms with van der Waals surface area (Å²) in [4.78, 5) is 4.41. The molecule has 6 heteroatoms. The van der Waals surface area contributed by atoms with Crippen LogP contribution in [0.5, 0.6) is 11.5 Å². The third-order valence-corrected chi connectivity index (χ3v) is 5.81. The summed E-state index contributed by atoms with van der Waals surface area (Å²) < 4.78 is 16.6. The standard InChI is InChI=1S/C24H33N3O3/c1-18-5-10-22(29-4)21(15-18)24(11-13-30-14-12-24)17-27-23(25-2)26-16-19-6-8-20(28-3)9-7-19/h5-10,15H,11-14,16-17H2,1-4H3,(H2,25,26,27). The lowest BCUT2D eigenvalue weighted by molar-refractivity contribution is 0.0505. The number of aliphatic imine (C=N–C) groups is 1. The second-order valence-corrected chi connectivity index (χ2v) is 7.72. The van der Waals surface area contributed by atoms with E-state index in [2.05, 4.69) is 52.9 Å². The molecule has 0 atom stereocenters. The highest BCUT2D eigenvalue weighted by Gasteiger charge is 2.37. The largest absolute Gasteiger partial charge is 0.497 e. The minimum atomic E-state index is -0.0622. The Morgan fingerprint density at radius 2 is 1.77 bits per heavy atom. The van der Waals surface area contributed by atoms with Gasteiger partial charge in [0.1, 0.15) is 11.5 Å². The van der Waals surface area contributed by atoms with Gasteiger partial charge in [-0.15, -0.1) is 0 Å². The maximum atomic E-state index is 5.71. The monoisotopic (exact) mass is 411 g/mol. The maximum Gasteiger partial charge on any atom is 0.191 e. The molecule has 2 N–H and O–H groups in total. The Kier molecular flexibility index (Phi) is 7.57. The van der Waals surface area contributed by atoms with E-state index in [0.29, 0.717) is 6.54 Å². The van der Waals surface area contributed by atoms with Gasteiger partial charge in [0.15, 0.2) is 5.96 Å². The Hall–Kier alpha value is -2.73. The van der Waals surface area contributed by atoms with E-state index in [4.69, 9.17) is 14.2 Å². The van der Waals surface area contributed by atoms with Gasteiger partial charge in [-0.05, 0) is 43.5 Å². The molecule has 0 radical (unpaired) electrons. The maximum absolute atomic E-state index is 5.71. The van der Waals surface area contributed by atoms with Crippen LogP contribution in [-0.4, -0.2) is 47.0 Å². The normalized spacial score (nSPS) is 16.1. The lowest BCUT2D eigenvalue weighted by Gasteiger charge is -2.39. The van der Waals surface area contributed by atoms with Crippen molar-refractivity contribution in [3.8, 4) is 11.5 Å². The predicted octanol–water partition coefficient (Wildman–Crippen LogP) is 3.43. The number of hydrogen-bond acceptors (Lipinski definition) is 4. The van der Waals surface area contributed by atoms with Gasteiger partial charge in [-0.2, -0.15) is 0 Å². The van der Waals surface area contributed by atoms with Crippen LogP contribution in [0, 0.1) is 6.92 Å². The van der Waals surface area contributed by atoms with Gasteiger partial charge in [0.25, 0.3) is 0 Å². The molecule has 162 valence electrons. The highest BCUT2D eigenvalue weighted by Crippen LogP contribution is 2.40. The molecule has 6 nitrogen and oxygen atoms in total. The summed E-state index contributed by atoms with van der Waals surface area (Å²) >= 11 is 0. The fourth-order valence-electron chi connectivity index (χ4n) is 3.94. The summed E-state index contributed by atoms with van der Waals surface area (Å²) in [6.07, 6.45) is 1.88. The van der Waals surface area contributed by atoms with E-state index in [0.717, 1.165) is 50.1 Å². The molecular formula is C24H33N3O3. The minimum Gasteiger partial charge on any atom is -0.497 e. The van der Waals surface area contributed by atoms with Gasteiger partial charge in [-0.25, -0.2) is 0 Å². The van der Waals surface area contributed by atoms with Crippen LogP contribution in [-0.2, 0) is 16.7 Å². The van der Waals surface area contributed by atoms with Crippen LogP contribution < -0.4 is 20.1 Å². The molecule has 0 aliphatic carbocycles. The Labute approximate surface area is 179 Å². The van der Waals surface area contributed by atoms with Crippen LogP contribution in [0.15, 0.2) is 47.5 Å². The Bertz CT molecular complexity index is 843. The molecular weight excluding hydrogens is 378 g/mol. The number of guanidine groups is 1. The Morgan fingerprint density at radius 3 is 2.40 bits per heavy atom. The average Bonchev–Trinajstić information content (AvgIpc) is 2.80. The quantitative estimate of drug-likeness (QED) is 0.540. The molecule has 0 amide bonds. The van der Waals surface area contributed by atoms with Crippen molar-refractivity contribution in [2.75, 3.05) is 41.0 Å². The number of benzene rings is 2. The molecule has 0 saturated carbocycles. The third kappa shape index (κ3) is 5.25. The molecule has 0 spiro atoms. The summed E-state index contributed by atoms with van der Waals surface area (Å²) in [5, 5.41) is 6.95. The number of nitrogens with zero attached hydrogens (tertiary/aromatic N) is 1. The fourth-order valence-corrected chi connectivity index (χ4v) is 3.94. The van der Waals surface area contributed by atoms with E-state index in [1.54, 1.807) is 21.3 Å². The number of ether oxygens (including phenoxy) is 3. The van der Waals surface area contributed by atoms with Crippen molar-refractivity contribution >= 4 is 5.96 Å². The zero-order chi connectivity index (χ0) is 21.4. The first-order chi connectivity index (χ1) is 14.6. The first kappa shape index (κ1) is 22.0. The highest BCUT2D eigenvalue weighted by atomic mass is 16.5. The van der Waals surface area contributed by atoms with Crippen LogP contribution in [0.2, 0.25) is 0 Å². The van der Waals surface area contributed by atoms with Crippen molar-refractivity contribution in [2.45, 2.75) is 31.7 Å². The summed E-state index contributed by atoms with van der Waals surface area (Å²) in [5.41, 5.74) is 3.58. The number of hydrogen-bond donors (Lipinski definition) is 2. The molecule has 1 aliphatic heterocycles. The average molecular weight is 412 g/mol. The van der Waals surface area contributed by atoms with Gasteiger partial charge in [0.05, 0.1) is 14.2 Å². The number of methoxy groups -OCH3 is 2. The second-order valence-electron chi connectivity index (χ2n) is 7.72. The zero-order valence-corrected chi connectivity index (χ0v) is 18.5. The number of rotatable bonds is 7. The molecule has 0 unspecified atom stereocenters. The van der Waals surface area contributed by atoms with Crippen molar-refractivity contribution < 1.29 is 14.2 Å². The molecule has 3 rings (SSSR count). The van der Waals surface area contributed by atoms with Gasteiger partial charge < -0.3 is 24.8 Å². The summed E-state index contributed by atoms with van der Waals surface area (Å²) in [6.45, 7) is 5.07. The predicted molar refractivity (Wildman–Crippen MR) is 121 cm³/mol. The Balaban J connectivity index is 1.71. The summed E-state index contributed by atoms with van der Waals surface area (Å²) in [7, 11) is 5.21. The SMILES string of the molecule is CN=C(NCc1ccc(OC)cc1)NCC1(c2cc(C)ccc2OC)CCOCC1. The molecule has 30 heavy (non-hydrogen) atoms. The van der Waals surface area contributed by atoms with Crippen LogP contribution in [0.4, 0.5) is 0 Å². The zero-order valence-electron chi connectivity index (χ0n) is 18.5. The van der Waals surface area contributed by atoms with Crippen molar-refractivity contribution in [2.24, 2.45) is 4.99 Å². The lowest BCUT2D eigenvalue weighted by Crippen LogP contribution is -2.48. The van der Waals surface area contributed by atoms with Crippen molar-refractivity contribution in [3.05, 3.63) is 59.2 Å². The highest BCUT2D eigenvalue weighted by molar-refractivity contribution is 5.79. The first-order valence-corrected chi connectivity index (χ1v) is 10.4. The van der Waals surface area contributed by atoms with Crippen LogP contribution >= 0.6 is 0 Å². The van der Waals surface area contributed by atoms with Crippen LogP contribution in [0.3, 0.4) is 0 Å². The van der Waals surface area contributed by atoms with Crippen LogP contribution in [0.1, 0.15) is 29.5 Å². The van der Waals surface area contributed by atoms with Crippen molar-refractivity contribution in [3.63, 3.8) is 0 Å². The van der Waals surface area contributed by atoms with Gasteiger partial charge in [0, 0.05) is 44.3 Å². The van der Waals surface area contributed by atoms with E-state index < -0.39 is 0 Å². The van der Waals surface area contributed by atoms with E-state index in [-0.39, 0.29) is 5.41 Å². The van der Waals surface area contributed by atoms with Gasteiger partial charge in [-0.3, -0.25) is 4.99 Å². The number of aryl methyl sites for hydroxylation is 1. The fraction of sp³-hybridized carbons (Fsp3) is 0.458. The van der Waals surface area contributed by atoms with Crippen molar-refractivity contribution in [1.82, 2.24) is 10.6 Å². The molecule has 1 saturated heterocycles. The van der Waals surface area contributed by atoms with Gasteiger partial charge in [0.2, 0.25) is 0 Å². The van der Waals surface area contributed by atoms with Crippen LogP contribution in [0.25, 0.3) is 0 Å². The molecule has 0 aromatic heterocycles. The van der Waals surface area contributed by atoms with E-state index >= 15 is 0 Å². The van der Waals surface area contributed by atoms with E-state index in [9.17, 15) is 0 Å². The van der Waals surface area contributed by atoms with Gasteiger partial charge in [-0.1, -0.05) is 29.8 Å². The lowest BCUT2D eigenvalue weighted by atomic mass is 9.73. The molecule has 2 aromatic carbocycles.